The summed E-state index contributed by atoms with van der Waals surface area (Å²) in [5.74, 6) is -0.157. The molecule has 1 aliphatic carbocycles. The Bertz CT molecular complexity index is 196. The molecule has 1 amide bonds. The lowest BCUT2D eigenvalue weighted by Crippen LogP contribution is -2.25. The lowest BCUT2D eigenvalue weighted by atomic mass is 9.87. The summed E-state index contributed by atoms with van der Waals surface area (Å²) >= 11 is 0. The molecule has 0 aromatic carbocycles. The van der Waals surface area contributed by atoms with E-state index in [1.54, 1.807) is 0 Å². The van der Waals surface area contributed by atoms with Gasteiger partial charge in [0, 0.05) is 0 Å². The molecule has 0 aromatic heterocycles. The van der Waals surface area contributed by atoms with Gasteiger partial charge in [0.1, 0.15) is 0 Å². The highest BCUT2D eigenvalue weighted by Gasteiger charge is 2.18. The van der Waals surface area contributed by atoms with Crippen molar-refractivity contribution in [2.75, 3.05) is 0 Å². The molecule has 0 spiro atoms. The zero-order chi connectivity index (χ0) is 8.97. The Hall–Kier alpha value is -0.790. The van der Waals surface area contributed by atoms with Crippen molar-refractivity contribution >= 4 is 5.91 Å². The molecule has 0 radical (unpaired) electrons. The third-order valence-electron chi connectivity index (χ3n) is 2.53. The lowest BCUT2D eigenvalue weighted by Gasteiger charge is -2.18. The molecule has 0 fully saturated rings. The molecule has 68 valence electrons. The van der Waals surface area contributed by atoms with Gasteiger partial charge in [0.15, 0.2) is 0 Å². The highest BCUT2D eigenvalue weighted by atomic mass is 16.1. The molecule has 2 nitrogen and oxygen atoms in total. The number of hydrogen-bond donors (Lipinski definition) is 1. The number of nitrogens with two attached hydrogens (primary N) is 1. The van der Waals surface area contributed by atoms with Crippen LogP contribution in [0.5, 0.6) is 0 Å². The van der Waals surface area contributed by atoms with Gasteiger partial charge in [-0.1, -0.05) is 18.6 Å². The standard InChI is InChI=1S/C10H17NO/c1-2-9(10(11)12)8-6-4-3-5-7-8/h6,9H,2-5,7H2,1H3,(H2,11,12)/t9-/m1/s1. The van der Waals surface area contributed by atoms with Crippen LogP contribution in [0.15, 0.2) is 11.6 Å². The average Bonchev–Trinajstić information content (AvgIpc) is 2.07. The number of hydrogen-bond acceptors (Lipinski definition) is 1. The smallest absolute Gasteiger partial charge is 0.224 e. The Morgan fingerprint density at radius 3 is 2.83 bits per heavy atom. The first-order valence-corrected chi connectivity index (χ1v) is 4.74. The zero-order valence-corrected chi connectivity index (χ0v) is 7.68. The summed E-state index contributed by atoms with van der Waals surface area (Å²) in [6.07, 6.45) is 7.72. The molecule has 2 heteroatoms. The van der Waals surface area contributed by atoms with Crippen molar-refractivity contribution in [3.63, 3.8) is 0 Å². The fourth-order valence-corrected chi connectivity index (χ4v) is 1.83. The SMILES string of the molecule is CC[C@@H](C(N)=O)C1=CCCCC1. The molecule has 0 saturated carbocycles. The van der Waals surface area contributed by atoms with Crippen molar-refractivity contribution in [3.05, 3.63) is 11.6 Å². The highest BCUT2D eigenvalue weighted by Crippen LogP contribution is 2.25. The van der Waals surface area contributed by atoms with E-state index < -0.39 is 0 Å². The summed E-state index contributed by atoms with van der Waals surface area (Å²) in [6.45, 7) is 2.02. The monoisotopic (exact) mass is 167 g/mol. The van der Waals surface area contributed by atoms with E-state index in [2.05, 4.69) is 6.08 Å². The molecular formula is C10H17NO. The molecule has 0 heterocycles. The summed E-state index contributed by atoms with van der Waals surface area (Å²) in [5.41, 5.74) is 6.57. The van der Waals surface area contributed by atoms with E-state index in [1.807, 2.05) is 6.92 Å². The zero-order valence-electron chi connectivity index (χ0n) is 7.68. The predicted molar refractivity (Wildman–Crippen MR) is 49.5 cm³/mol. The first-order chi connectivity index (χ1) is 5.75. The first-order valence-electron chi connectivity index (χ1n) is 4.74. The molecular weight excluding hydrogens is 150 g/mol. The van der Waals surface area contributed by atoms with E-state index >= 15 is 0 Å². The Morgan fingerprint density at radius 1 is 1.67 bits per heavy atom. The highest BCUT2D eigenvalue weighted by molar-refractivity contribution is 5.79. The molecule has 2 N–H and O–H groups in total. The van der Waals surface area contributed by atoms with Crippen molar-refractivity contribution < 1.29 is 4.79 Å². The Kier molecular flexibility index (Phi) is 3.32. The summed E-state index contributed by atoms with van der Waals surface area (Å²) in [4.78, 5) is 11.0. The predicted octanol–water partition coefficient (Wildman–Crippen LogP) is 2.00. The van der Waals surface area contributed by atoms with Crippen LogP contribution in [0.3, 0.4) is 0 Å². The van der Waals surface area contributed by atoms with Gasteiger partial charge in [-0.25, -0.2) is 0 Å². The van der Waals surface area contributed by atoms with Gasteiger partial charge >= 0.3 is 0 Å². The number of carbonyl (C=O) groups is 1. The first kappa shape index (κ1) is 9.30. The van der Waals surface area contributed by atoms with Crippen molar-refractivity contribution in [1.29, 1.82) is 0 Å². The average molecular weight is 167 g/mol. The minimum atomic E-state index is -0.161. The normalized spacial score (nSPS) is 19.9. The molecule has 0 saturated heterocycles. The summed E-state index contributed by atoms with van der Waals surface area (Å²) in [5, 5.41) is 0. The van der Waals surface area contributed by atoms with E-state index in [0.29, 0.717) is 0 Å². The fourth-order valence-electron chi connectivity index (χ4n) is 1.83. The van der Waals surface area contributed by atoms with Crippen LogP contribution >= 0.6 is 0 Å². The topological polar surface area (TPSA) is 43.1 Å². The van der Waals surface area contributed by atoms with Crippen LogP contribution in [0, 0.1) is 5.92 Å². The van der Waals surface area contributed by atoms with Gasteiger partial charge in [0.25, 0.3) is 0 Å². The number of rotatable bonds is 3. The van der Waals surface area contributed by atoms with Gasteiger partial charge in [0.2, 0.25) is 5.91 Å². The van der Waals surface area contributed by atoms with Gasteiger partial charge in [0.05, 0.1) is 5.92 Å². The molecule has 1 atom stereocenters. The number of primary amides is 1. The number of amides is 1. The van der Waals surface area contributed by atoms with Crippen LogP contribution < -0.4 is 5.73 Å². The van der Waals surface area contributed by atoms with E-state index in [-0.39, 0.29) is 11.8 Å². The van der Waals surface area contributed by atoms with Crippen molar-refractivity contribution in [3.8, 4) is 0 Å². The molecule has 12 heavy (non-hydrogen) atoms. The third kappa shape index (κ3) is 2.10. The van der Waals surface area contributed by atoms with E-state index in [9.17, 15) is 4.79 Å². The maximum atomic E-state index is 11.0. The second-order valence-corrected chi connectivity index (χ2v) is 3.39. The van der Waals surface area contributed by atoms with E-state index in [4.69, 9.17) is 5.73 Å². The van der Waals surface area contributed by atoms with E-state index in [0.717, 1.165) is 19.3 Å². The molecule has 0 aliphatic heterocycles. The van der Waals surface area contributed by atoms with E-state index in [1.165, 1.54) is 18.4 Å². The Balaban J connectivity index is 2.64. The van der Waals surface area contributed by atoms with Crippen LogP contribution in [0.25, 0.3) is 0 Å². The quantitative estimate of drug-likeness (QED) is 0.642. The van der Waals surface area contributed by atoms with Crippen molar-refractivity contribution in [2.45, 2.75) is 39.0 Å². The van der Waals surface area contributed by atoms with Crippen LogP contribution in [0.1, 0.15) is 39.0 Å². The molecule has 1 rings (SSSR count). The summed E-state index contributed by atoms with van der Waals surface area (Å²) in [6, 6.07) is 0. The number of carbonyl (C=O) groups excluding carboxylic acids is 1. The lowest BCUT2D eigenvalue weighted by molar-refractivity contribution is -0.120. The summed E-state index contributed by atoms with van der Waals surface area (Å²) < 4.78 is 0. The maximum Gasteiger partial charge on any atom is 0.224 e. The fraction of sp³-hybridized carbons (Fsp3) is 0.700. The van der Waals surface area contributed by atoms with Crippen molar-refractivity contribution in [2.24, 2.45) is 11.7 Å². The second-order valence-electron chi connectivity index (χ2n) is 3.39. The van der Waals surface area contributed by atoms with Crippen LogP contribution in [0.4, 0.5) is 0 Å². The van der Waals surface area contributed by atoms with Crippen LogP contribution in [-0.2, 0) is 4.79 Å². The molecule has 1 aliphatic rings. The van der Waals surface area contributed by atoms with Gasteiger partial charge in [-0.3, -0.25) is 4.79 Å². The summed E-state index contributed by atoms with van der Waals surface area (Å²) in [7, 11) is 0. The molecule has 0 bridgehead atoms. The maximum absolute atomic E-state index is 11.0. The van der Waals surface area contributed by atoms with Gasteiger partial charge < -0.3 is 5.73 Å². The van der Waals surface area contributed by atoms with Gasteiger partial charge in [-0.15, -0.1) is 0 Å². The third-order valence-corrected chi connectivity index (χ3v) is 2.53. The van der Waals surface area contributed by atoms with Crippen LogP contribution in [-0.4, -0.2) is 5.91 Å². The largest absolute Gasteiger partial charge is 0.369 e. The minimum absolute atomic E-state index is 0.00491. The Morgan fingerprint density at radius 2 is 2.42 bits per heavy atom. The van der Waals surface area contributed by atoms with Crippen LogP contribution in [0.2, 0.25) is 0 Å². The van der Waals surface area contributed by atoms with Gasteiger partial charge in [-0.05, 0) is 32.1 Å². The van der Waals surface area contributed by atoms with Crippen molar-refractivity contribution in [1.82, 2.24) is 0 Å². The second kappa shape index (κ2) is 4.29. The Labute approximate surface area is 73.8 Å². The molecule has 0 unspecified atom stereocenters. The number of allylic oxidation sites excluding steroid dienone is 1. The minimum Gasteiger partial charge on any atom is -0.369 e. The molecule has 0 aromatic rings. The van der Waals surface area contributed by atoms with Gasteiger partial charge in [-0.2, -0.15) is 0 Å².